The minimum absolute atomic E-state index is 0.118. The maximum absolute atomic E-state index is 11.2. The molecule has 84 valence electrons. The van der Waals surface area contributed by atoms with Crippen molar-refractivity contribution in [1.29, 1.82) is 0 Å². The van der Waals surface area contributed by atoms with E-state index < -0.39 is 0 Å². The van der Waals surface area contributed by atoms with Gasteiger partial charge in [-0.05, 0) is 36.0 Å². The molecule has 0 radical (unpaired) electrons. The highest BCUT2D eigenvalue weighted by Crippen LogP contribution is 2.61. The molecule has 2 nitrogen and oxygen atoms in total. The van der Waals surface area contributed by atoms with Gasteiger partial charge in [0.1, 0.15) is 6.10 Å². The van der Waals surface area contributed by atoms with E-state index in [1.54, 1.807) is 0 Å². The molecule has 0 N–H and O–H groups in total. The van der Waals surface area contributed by atoms with Crippen LogP contribution in [-0.2, 0) is 9.53 Å². The lowest BCUT2D eigenvalue weighted by Gasteiger charge is -2.61. The number of fused-ring (bicyclic) bond motifs is 2. The van der Waals surface area contributed by atoms with Crippen molar-refractivity contribution in [3.63, 3.8) is 0 Å². The van der Waals surface area contributed by atoms with E-state index >= 15 is 0 Å². The van der Waals surface area contributed by atoms with Crippen molar-refractivity contribution in [3.05, 3.63) is 12.7 Å². The van der Waals surface area contributed by atoms with E-state index in [1.165, 1.54) is 12.5 Å². The highest BCUT2D eigenvalue weighted by Gasteiger charge is 2.57. The molecular formula is C13H20O2. The van der Waals surface area contributed by atoms with Crippen LogP contribution < -0.4 is 0 Å². The van der Waals surface area contributed by atoms with Gasteiger partial charge in [0.15, 0.2) is 0 Å². The summed E-state index contributed by atoms with van der Waals surface area (Å²) in [5.41, 5.74) is 0.455. The number of esters is 1. The molecule has 2 heteroatoms. The zero-order chi connectivity index (χ0) is 11.2. The van der Waals surface area contributed by atoms with Gasteiger partial charge in [-0.15, -0.1) is 0 Å². The van der Waals surface area contributed by atoms with Gasteiger partial charge in [-0.3, -0.25) is 0 Å². The van der Waals surface area contributed by atoms with Crippen LogP contribution in [0.4, 0.5) is 0 Å². The highest BCUT2D eigenvalue weighted by molar-refractivity contribution is 5.81. The first kappa shape index (κ1) is 10.7. The first-order chi connectivity index (χ1) is 6.96. The number of hydrogen-bond donors (Lipinski definition) is 0. The fourth-order valence-electron chi connectivity index (χ4n) is 3.46. The lowest BCUT2D eigenvalue weighted by Crippen LogP contribution is -2.57. The standard InChI is InChI=1S/C13H20O2/c1-5-12(14)15-11-7-9-6-10(8(11)2)13(9,3)4/h5,8-11H,1,6-7H2,2-4H3. The van der Waals surface area contributed by atoms with E-state index in [-0.39, 0.29) is 12.1 Å². The summed E-state index contributed by atoms with van der Waals surface area (Å²) >= 11 is 0. The molecule has 0 aromatic carbocycles. The average Bonchev–Trinajstić information content (AvgIpc) is 2.19. The quantitative estimate of drug-likeness (QED) is 0.515. The van der Waals surface area contributed by atoms with Gasteiger partial charge < -0.3 is 4.74 Å². The van der Waals surface area contributed by atoms with Crippen molar-refractivity contribution in [2.75, 3.05) is 0 Å². The molecule has 0 spiro atoms. The lowest BCUT2D eigenvalue weighted by atomic mass is 9.45. The third-order valence-electron chi connectivity index (χ3n) is 4.72. The van der Waals surface area contributed by atoms with Crippen LogP contribution in [0.5, 0.6) is 0 Å². The topological polar surface area (TPSA) is 26.3 Å². The van der Waals surface area contributed by atoms with Crippen molar-refractivity contribution >= 4 is 5.97 Å². The molecule has 3 aliphatic rings. The van der Waals surface area contributed by atoms with Gasteiger partial charge in [0.25, 0.3) is 0 Å². The van der Waals surface area contributed by atoms with Crippen molar-refractivity contribution in [1.82, 2.24) is 0 Å². The SMILES string of the molecule is C=CC(=O)OC1CC2CC(C1C)C2(C)C. The number of carbonyl (C=O) groups is 1. The number of hydrogen-bond acceptors (Lipinski definition) is 2. The molecule has 4 unspecified atom stereocenters. The molecule has 0 saturated heterocycles. The van der Waals surface area contributed by atoms with Gasteiger partial charge >= 0.3 is 5.97 Å². The second-order valence-electron chi connectivity index (χ2n) is 5.63. The Kier molecular flexibility index (Phi) is 2.40. The van der Waals surface area contributed by atoms with E-state index in [1.807, 2.05) is 0 Å². The lowest BCUT2D eigenvalue weighted by molar-refractivity contribution is -0.182. The van der Waals surface area contributed by atoms with Crippen molar-refractivity contribution in [2.45, 2.75) is 39.7 Å². The Hall–Kier alpha value is -0.790. The van der Waals surface area contributed by atoms with Gasteiger partial charge in [0, 0.05) is 6.08 Å². The molecule has 3 fully saturated rings. The normalized spacial score (nSPS) is 41.5. The fraction of sp³-hybridized carbons (Fsp3) is 0.769. The maximum Gasteiger partial charge on any atom is 0.330 e. The Balaban J connectivity index is 2.02. The second kappa shape index (κ2) is 3.36. The zero-order valence-electron chi connectivity index (χ0n) is 9.82. The number of ether oxygens (including phenoxy) is 1. The average molecular weight is 208 g/mol. The summed E-state index contributed by atoms with van der Waals surface area (Å²) in [6.45, 7) is 10.3. The van der Waals surface area contributed by atoms with Crippen LogP contribution >= 0.6 is 0 Å². The first-order valence-electron chi connectivity index (χ1n) is 5.80. The Bertz CT molecular complexity index is 293. The summed E-state index contributed by atoms with van der Waals surface area (Å²) in [6, 6.07) is 0. The third-order valence-corrected chi connectivity index (χ3v) is 4.72. The van der Waals surface area contributed by atoms with E-state index in [0.717, 1.165) is 18.3 Å². The van der Waals surface area contributed by atoms with Crippen LogP contribution in [0.1, 0.15) is 33.6 Å². The van der Waals surface area contributed by atoms with E-state index in [0.29, 0.717) is 11.3 Å². The summed E-state index contributed by atoms with van der Waals surface area (Å²) in [7, 11) is 0. The predicted molar refractivity (Wildman–Crippen MR) is 59.2 cm³/mol. The maximum atomic E-state index is 11.2. The Morgan fingerprint density at radius 3 is 2.60 bits per heavy atom. The van der Waals surface area contributed by atoms with Crippen LogP contribution in [0.15, 0.2) is 12.7 Å². The summed E-state index contributed by atoms with van der Waals surface area (Å²) in [4.78, 5) is 11.2. The van der Waals surface area contributed by atoms with Crippen LogP contribution in [0, 0.1) is 23.2 Å². The van der Waals surface area contributed by atoms with Crippen LogP contribution in [0.25, 0.3) is 0 Å². The molecule has 4 atom stereocenters. The van der Waals surface area contributed by atoms with Crippen molar-refractivity contribution in [3.8, 4) is 0 Å². The first-order valence-corrected chi connectivity index (χ1v) is 5.80. The van der Waals surface area contributed by atoms with E-state index in [2.05, 4.69) is 27.4 Å². The summed E-state index contributed by atoms with van der Waals surface area (Å²) < 4.78 is 5.39. The molecule has 0 aromatic rings. The summed E-state index contributed by atoms with van der Waals surface area (Å²) in [5, 5.41) is 0. The van der Waals surface area contributed by atoms with Crippen LogP contribution in [0.2, 0.25) is 0 Å². The predicted octanol–water partition coefficient (Wildman–Crippen LogP) is 2.79. The molecule has 2 bridgehead atoms. The van der Waals surface area contributed by atoms with Crippen molar-refractivity contribution < 1.29 is 9.53 Å². The molecule has 0 aromatic heterocycles. The molecule has 0 aliphatic heterocycles. The van der Waals surface area contributed by atoms with Crippen LogP contribution in [-0.4, -0.2) is 12.1 Å². The highest BCUT2D eigenvalue weighted by atomic mass is 16.5. The smallest absolute Gasteiger partial charge is 0.330 e. The summed E-state index contributed by atoms with van der Waals surface area (Å²) in [6.07, 6.45) is 3.73. The summed E-state index contributed by atoms with van der Waals surface area (Å²) in [5.74, 6) is 1.68. The van der Waals surface area contributed by atoms with Gasteiger partial charge in [0.05, 0.1) is 0 Å². The molecule has 3 rings (SSSR count). The van der Waals surface area contributed by atoms with Crippen molar-refractivity contribution in [2.24, 2.45) is 23.2 Å². The number of rotatable bonds is 2. The molecule has 0 amide bonds. The Labute approximate surface area is 91.7 Å². The number of carbonyl (C=O) groups excluding carboxylic acids is 1. The van der Waals surface area contributed by atoms with Gasteiger partial charge in [-0.25, -0.2) is 4.79 Å². The molecule has 3 aliphatic carbocycles. The molecule has 0 heterocycles. The van der Waals surface area contributed by atoms with Gasteiger partial charge in [0.2, 0.25) is 0 Å². The minimum atomic E-state index is -0.272. The monoisotopic (exact) mass is 208 g/mol. The largest absolute Gasteiger partial charge is 0.459 e. The van der Waals surface area contributed by atoms with Crippen LogP contribution in [0.3, 0.4) is 0 Å². The fourth-order valence-corrected chi connectivity index (χ4v) is 3.46. The molecule has 3 saturated carbocycles. The van der Waals surface area contributed by atoms with E-state index in [9.17, 15) is 4.79 Å². The zero-order valence-corrected chi connectivity index (χ0v) is 9.82. The van der Waals surface area contributed by atoms with Gasteiger partial charge in [-0.1, -0.05) is 27.4 Å². The Morgan fingerprint density at radius 1 is 1.47 bits per heavy atom. The third kappa shape index (κ3) is 1.51. The van der Waals surface area contributed by atoms with Gasteiger partial charge in [-0.2, -0.15) is 0 Å². The second-order valence-corrected chi connectivity index (χ2v) is 5.63. The molecule has 15 heavy (non-hydrogen) atoms. The molecular weight excluding hydrogens is 188 g/mol. The van der Waals surface area contributed by atoms with E-state index in [4.69, 9.17) is 4.74 Å². The Morgan fingerprint density at radius 2 is 2.13 bits per heavy atom. The minimum Gasteiger partial charge on any atom is -0.459 e.